The predicted octanol–water partition coefficient (Wildman–Crippen LogP) is 2.31. The molecule has 0 aromatic heterocycles. The highest BCUT2D eigenvalue weighted by atomic mass is 32.2. The van der Waals surface area contributed by atoms with E-state index in [9.17, 15) is 30.8 Å². The normalized spacial score (nSPS) is 12.7. The Morgan fingerprint density at radius 3 is 2.23 bits per heavy atom. The number of carbonyl (C=O) groups excluding carboxylic acids is 1. The van der Waals surface area contributed by atoms with E-state index >= 15 is 0 Å². The molecule has 5 nitrogen and oxygen atoms in total. The number of ether oxygens (including phenoxy) is 1. The highest BCUT2D eigenvalue weighted by molar-refractivity contribution is 7.89. The molecule has 0 aliphatic carbocycles. The summed E-state index contributed by atoms with van der Waals surface area (Å²) in [6, 6.07) is 4.32. The molecule has 0 saturated carbocycles. The van der Waals surface area contributed by atoms with E-state index in [-0.39, 0.29) is 6.42 Å². The largest absolute Gasteiger partial charge is 0.468 e. The molecule has 0 heterocycles. The van der Waals surface area contributed by atoms with Crippen molar-refractivity contribution in [2.24, 2.45) is 0 Å². The summed E-state index contributed by atoms with van der Waals surface area (Å²) in [7, 11) is -3.71. The minimum atomic E-state index is -4.72. The van der Waals surface area contributed by atoms with Crippen LogP contribution in [0.5, 0.6) is 0 Å². The first kappa shape index (κ1) is 19.9. The van der Waals surface area contributed by atoms with Crippen molar-refractivity contribution in [3.8, 4) is 0 Å². The van der Waals surface area contributed by atoms with Crippen molar-refractivity contribution < 1.29 is 35.5 Å². The van der Waals surface area contributed by atoms with E-state index in [1.807, 2.05) is 4.72 Å². The number of benzene rings is 2. The molecule has 2 aromatic carbocycles. The molecule has 0 saturated heterocycles. The minimum Gasteiger partial charge on any atom is -0.468 e. The molecule has 0 radical (unpaired) electrons. The van der Waals surface area contributed by atoms with E-state index < -0.39 is 50.2 Å². The number of nitrogens with one attached hydrogen (secondary N) is 1. The number of rotatable bonds is 6. The van der Waals surface area contributed by atoms with Gasteiger partial charge in [0.05, 0.1) is 7.11 Å². The molecule has 0 amide bonds. The van der Waals surface area contributed by atoms with Crippen LogP contribution in [0.1, 0.15) is 5.56 Å². The molecule has 1 N–H and O–H groups in total. The highest BCUT2D eigenvalue weighted by Gasteiger charge is 2.30. The Bertz CT molecular complexity index is 917. The van der Waals surface area contributed by atoms with Crippen LogP contribution in [0.25, 0.3) is 0 Å². The second-order valence-electron chi connectivity index (χ2n) is 5.20. The van der Waals surface area contributed by atoms with Gasteiger partial charge in [0.15, 0.2) is 17.5 Å². The van der Waals surface area contributed by atoms with E-state index in [0.29, 0.717) is 17.7 Å². The zero-order chi connectivity index (χ0) is 19.5. The van der Waals surface area contributed by atoms with Crippen molar-refractivity contribution in [2.75, 3.05) is 7.11 Å². The highest BCUT2D eigenvalue weighted by Crippen LogP contribution is 2.20. The van der Waals surface area contributed by atoms with E-state index in [0.717, 1.165) is 19.2 Å². The summed E-state index contributed by atoms with van der Waals surface area (Å²) >= 11 is 0. The van der Waals surface area contributed by atoms with Crippen LogP contribution < -0.4 is 4.72 Å². The van der Waals surface area contributed by atoms with Crippen LogP contribution in [0.15, 0.2) is 41.3 Å². The summed E-state index contributed by atoms with van der Waals surface area (Å²) in [4.78, 5) is 10.7. The molecule has 1 unspecified atom stereocenters. The molecule has 1 atom stereocenters. The van der Waals surface area contributed by atoms with Crippen molar-refractivity contribution in [1.29, 1.82) is 0 Å². The van der Waals surface area contributed by atoms with Gasteiger partial charge >= 0.3 is 5.97 Å². The number of esters is 1. The summed E-state index contributed by atoms with van der Waals surface area (Å²) in [5.74, 6) is -6.96. The number of hydrogen-bond acceptors (Lipinski definition) is 4. The lowest BCUT2D eigenvalue weighted by Gasteiger charge is -2.17. The predicted molar refractivity (Wildman–Crippen MR) is 82.5 cm³/mol. The summed E-state index contributed by atoms with van der Waals surface area (Å²) in [6.45, 7) is 0. The Labute approximate surface area is 146 Å². The molecule has 140 valence electrons. The van der Waals surface area contributed by atoms with Crippen molar-refractivity contribution in [1.82, 2.24) is 4.72 Å². The zero-order valence-corrected chi connectivity index (χ0v) is 14.1. The van der Waals surface area contributed by atoms with Gasteiger partial charge in [-0.25, -0.2) is 26.0 Å². The number of halogens is 4. The van der Waals surface area contributed by atoms with Crippen LogP contribution >= 0.6 is 0 Å². The molecule has 0 bridgehead atoms. The number of hydrogen-bond donors (Lipinski definition) is 1. The maximum Gasteiger partial charge on any atom is 0.324 e. The average molecular weight is 391 g/mol. The third-order valence-electron chi connectivity index (χ3n) is 3.43. The molecule has 2 aromatic rings. The molecule has 2 rings (SSSR count). The Hall–Kier alpha value is -2.46. The smallest absolute Gasteiger partial charge is 0.324 e. The van der Waals surface area contributed by atoms with Crippen LogP contribution in [-0.4, -0.2) is 27.5 Å². The Balaban J connectivity index is 2.34. The summed E-state index contributed by atoms with van der Waals surface area (Å²) < 4.78 is 83.9. The SMILES string of the molecule is COC(=O)C(Cc1ccc(F)cc1)NS(=O)(=O)c1ccc(F)c(F)c1F. The van der Waals surface area contributed by atoms with Crippen LogP contribution in [0.4, 0.5) is 17.6 Å². The summed E-state index contributed by atoms with van der Waals surface area (Å²) in [6.07, 6.45) is -0.239. The summed E-state index contributed by atoms with van der Waals surface area (Å²) in [5, 5.41) is 0. The molecule has 10 heteroatoms. The van der Waals surface area contributed by atoms with Gasteiger partial charge in [0.25, 0.3) is 0 Å². The van der Waals surface area contributed by atoms with Gasteiger partial charge in [-0.05, 0) is 36.2 Å². The fraction of sp³-hybridized carbons (Fsp3) is 0.188. The number of sulfonamides is 1. The molecule has 0 spiro atoms. The van der Waals surface area contributed by atoms with Crippen LogP contribution in [-0.2, 0) is 26.0 Å². The second kappa shape index (κ2) is 7.83. The van der Waals surface area contributed by atoms with Gasteiger partial charge in [0.1, 0.15) is 16.8 Å². The molecular weight excluding hydrogens is 378 g/mol. The fourth-order valence-corrected chi connectivity index (χ4v) is 3.39. The lowest BCUT2D eigenvalue weighted by atomic mass is 10.1. The van der Waals surface area contributed by atoms with Gasteiger partial charge in [0.2, 0.25) is 10.0 Å². The standard InChI is InChI=1S/C16H13F4NO4S/c1-25-16(22)12(8-9-2-4-10(17)5-3-9)21-26(23,24)13-7-6-11(18)14(19)15(13)20/h2-7,12,21H,8H2,1H3. The first-order valence-corrected chi connectivity index (χ1v) is 8.62. The maximum atomic E-state index is 13.8. The van der Waals surface area contributed by atoms with E-state index in [1.165, 1.54) is 12.1 Å². The van der Waals surface area contributed by atoms with Crippen LogP contribution in [0, 0.1) is 23.3 Å². The molecule has 0 fully saturated rings. The van der Waals surface area contributed by atoms with Crippen molar-refractivity contribution in [3.63, 3.8) is 0 Å². The zero-order valence-electron chi connectivity index (χ0n) is 13.3. The van der Waals surface area contributed by atoms with Gasteiger partial charge in [-0.3, -0.25) is 4.79 Å². The minimum absolute atomic E-state index is 0.239. The lowest BCUT2D eigenvalue weighted by molar-refractivity contribution is -0.142. The topological polar surface area (TPSA) is 72.5 Å². The van der Waals surface area contributed by atoms with Crippen molar-refractivity contribution in [2.45, 2.75) is 17.4 Å². The molecular formula is C16H13F4NO4S. The van der Waals surface area contributed by atoms with E-state index in [4.69, 9.17) is 0 Å². The van der Waals surface area contributed by atoms with Gasteiger partial charge in [-0.2, -0.15) is 4.72 Å². The van der Waals surface area contributed by atoms with Gasteiger partial charge in [-0.15, -0.1) is 0 Å². The van der Waals surface area contributed by atoms with E-state index in [2.05, 4.69) is 4.74 Å². The summed E-state index contributed by atoms with van der Waals surface area (Å²) in [5.41, 5.74) is 0.384. The quantitative estimate of drug-likeness (QED) is 0.466. The maximum absolute atomic E-state index is 13.8. The van der Waals surface area contributed by atoms with Gasteiger partial charge < -0.3 is 4.74 Å². The monoisotopic (exact) mass is 391 g/mol. The van der Waals surface area contributed by atoms with Crippen molar-refractivity contribution >= 4 is 16.0 Å². The lowest BCUT2D eigenvalue weighted by Crippen LogP contribution is -2.43. The van der Waals surface area contributed by atoms with Crippen LogP contribution in [0.2, 0.25) is 0 Å². The average Bonchev–Trinajstić information content (AvgIpc) is 2.60. The van der Waals surface area contributed by atoms with Crippen LogP contribution in [0.3, 0.4) is 0 Å². The molecule has 0 aliphatic rings. The third kappa shape index (κ3) is 4.38. The Morgan fingerprint density at radius 1 is 1.04 bits per heavy atom. The third-order valence-corrected chi connectivity index (χ3v) is 4.91. The Kier molecular flexibility index (Phi) is 5.98. The van der Waals surface area contributed by atoms with Gasteiger partial charge in [-0.1, -0.05) is 12.1 Å². The first-order chi connectivity index (χ1) is 12.2. The van der Waals surface area contributed by atoms with E-state index in [1.54, 1.807) is 0 Å². The first-order valence-electron chi connectivity index (χ1n) is 7.14. The number of carbonyl (C=O) groups is 1. The molecule has 0 aliphatic heterocycles. The number of methoxy groups -OCH3 is 1. The Morgan fingerprint density at radius 2 is 1.65 bits per heavy atom. The fourth-order valence-electron chi connectivity index (χ4n) is 2.14. The van der Waals surface area contributed by atoms with Gasteiger partial charge in [0, 0.05) is 0 Å². The second-order valence-corrected chi connectivity index (χ2v) is 6.88. The van der Waals surface area contributed by atoms with Crippen molar-refractivity contribution in [3.05, 3.63) is 65.2 Å². The molecule has 26 heavy (non-hydrogen) atoms.